The van der Waals surface area contributed by atoms with Crippen molar-refractivity contribution in [3.05, 3.63) is 42.4 Å². The minimum Gasteiger partial charge on any atom is -0.309 e. The Morgan fingerprint density at radius 2 is 2.11 bits per heavy atom. The highest BCUT2D eigenvalue weighted by atomic mass is 19.4. The fourth-order valence-corrected chi connectivity index (χ4v) is 1.37. The van der Waals surface area contributed by atoms with Gasteiger partial charge in [0.2, 0.25) is 5.91 Å². The van der Waals surface area contributed by atoms with Crippen molar-refractivity contribution in [3.63, 3.8) is 0 Å². The number of alkyl halides is 3. The minimum atomic E-state index is -4.51. The van der Waals surface area contributed by atoms with E-state index in [-0.39, 0.29) is 6.54 Å². The van der Waals surface area contributed by atoms with Gasteiger partial charge >= 0.3 is 6.18 Å². The monoisotopic (exact) mass is 270 g/mol. The van der Waals surface area contributed by atoms with Crippen LogP contribution in [-0.4, -0.2) is 20.7 Å². The highest BCUT2D eigenvalue weighted by Crippen LogP contribution is 2.27. The summed E-state index contributed by atoms with van der Waals surface area (Å²) in [5.41, 5.74) is -1.03. The number of halogens is 3. The number of nitrogens with zero attached hydrogens (tertiary/aromatic N) is 3. The fourth-order valence-electron chi connectivity index (χ4n) is 1.37. The second-order valence-corrected chi connectivity index (χ2v) is 3.66. The van der Waals surface area contributed by atoms with Gasteiger partial charge in [-0.2, -0.15) is 18.3 Å². The topological polar surface area (TPSA) is 59.8 Å². The summed E-state index contributed by atoms with van der Waals surface area (Å²) in [6.45, 7) is -0.313. The molecule has 0 atom stereocenters. The summed E-state index contributed by atoms with van der Waals surface area (Å²) in [4.78, 5) is 15.4. The van der Waals surface area contributed by atoms with Crippen molar-refractivity contribution in [2.45, 2.75) is 12.7 Å². The standard InChI is InChI=1S/C11H9F3N4O/c12-11(13,14)8-4-6-18(17-8)7-10(19)16-9-3-1-2-5-15-9/h1-6H,7H2,(H,15,16,19). The number of hydrogen-bond donors (Lipinski definition) is 1. The molecule has 2 aromatic rings. The number of hydrogen-bond acceptors (Lipinski definition) is 3. The molecule has 0 bridgehead atoms. The van der Waals surface area contributed by atoms with Crippen LogP contribution < -0.4 is 5.32 Å². The van der Waals surface area contributed by atoms with Crippen molar-refractivity contribution in [2.75, 3.05) is 5.32 Å². The van der Waals surface area contributed by atoms with E-state index in [4.69, 9.17) is 0 Å². The van der Waals surface area contributed by atoms with E-state index in [1.165, 1.54) is 6.20 Å². The summed E-state index contributed by atoms with van der Waals surface area (Å²) >= 11 is 0. The summed E-state index contributed by atoms with van der Waals surface area (Å²) in [5, 5.41) is 5.72. The molecule has 1 N–H and O–H groups in total. The molecule has 2 aromatic heterocycles. The molecule has 0 aliphatic heterocycles. The summed E-state index contributed by atoms with van der Waals surface area (Å²) < 4.78 is 37.8. The lowest BCUT2D eigenvalue weighted by atomic mass is 10.4. The average molecular weight is 270 g/mol. The van der Waals surface area contributed by atoms with Crippen LogP contribution in [0.5, 0.6) is 0 Å². The van der Waals surface area contributed by atoms with Gasteiger partial charge in [-0.25, -0.2) is 4.98 Å². The molecule has 0 saturated carbocycles. The van der Waals surface area contributed by atoms with Crippen molar-refractivity contribution in [1.29, 1.82) is 0 Å². The molecule has 0 radical (unpaired) electrons. The number of rotatable bonds is 3. The normalized spacial score (nSPS) is 11.3. The molecule has 0 fully saturated rings. The van der Waals surface area contributed by atoms with Crippen LogP contribution in [0, 0.1) is 0 Å². The van der Waals surface area contributed by atoms with Gasteiger partial charge in [-0.3, -0.25) is 9.48 Å². The third-order valence-corrected chi connectivity index (χ3v) is 2.17. The van der Waals surface area contributed by atoms with Crippen molar-refractivity contribution in [3.8, 4) is 0 Å². The number of carbonyl (C=O) groups excluding carboxylic acids is 1. The van der Waals surface area contributed by atoms with Gasteiger partial charge in [0.15, 0.2) is 5.69 Å². The second kappa shape index (κ2) is 5.09. The van der Waals surface area contributed by atoms with E-state index in [1.54, 1.807) is 18.2 Å². The molecule has 100 valence electrons. The van der Waals surface area contributed by atoms with Crippen LogP contribution in [0.15, 0.2) is 36.7 Å². The van der Waals surface area contributed by atoms with E-state index in [1.807, 2.05) is 0 Å². The van der Waals surface area contributed by atoms with E-state index < -0.39 is 17.8 Å². The first-order valence-corrected chi connectivity index (χ1v) is 5.27. The molecule has 0 aliphatic rings. The van der Waals surface area contributed by atoms with Crippen molar-refractivity contribution in [1.82, 2.24) is 14.8 Å². The maximum atomic E-state index is 12.3. The second-order valence-electron chi connectivity index (χ2n) is 3.66. The van der Waals surface area contributed by atoms with Crippen LogP contribution in [-0.2, 0) is 17.5 Å². The van der Waals surface area contributed by atoms with Gasteiger partial charge in [0, 0.05) is 12.4 Å². The SMILES string of the molecule is O=C(Cn1ccc(C(F)(F)F)n1)Nc1ccccn1. The van der Waals surface area contributed by atoms with Crippen molar-refractivity contribution >= 4 is 11.7 Å². The predicted octanol–water partition coefficient (Wildman–Crippen LogP) is 1.94. The Labute approximate surface area is 106 Å². The minimum absolute atomic E-state index is 0.313. The zero-order chi connectivity index (χ0) is 13.9. The molecule has 0 spiro atoms. The van der Waals surface area contributed by atoms with Crippen LogP contribution in [0.1, 0.15) is 5.69 Å². The molecule has 1 amide bonds. The third-order valence-electron chi connectivity index (χ3n) is 2.17. The number of anilines is 1. The van der Waals surface area contributed by atoms with Crippen LogP contribution in [0.4, 0.5) is 19.0 Å². The quantitative estimate of drug-likeness (QED) is 0.927. The Balaban J connectivity index is 1.98. The zero-order valence-corrected chi connectivity index (χ0v) is 9.55. The Morgan fingerprint density at radius 3 is 2.68 bits per heavy atom. The van der Waals surface area contributed by atoms with Crippen LogP contribution in [0.25, 0.3) is 0 Å². The van der Waals surface area contributed by atoms with E-state index in [9.17, 15) is 18.0 Å². The molecule has 0 aliphatic carbocycles. The average Bonchev–Trinajstić information content (AvgIpc) is 2.78. The van der Waals surface area contributed by atoms with Gasteiger partial charge in [0.1, 0.15) is 12.4 Å². The summed E-state index contributed by atoms with van der Waals surface area (Å²) in [5.74, 6) is -0.175. The van der Waals surface area contributed by atoms with Gasteiger partial charge in [-0.05, 0) is 18.2 Å². The first kappa shape index (κ1) is 13.1. The Hall–Kier alpha value is -2.38. The van der Waals surface area contributed by atoms with Gasteiger partial charge in [0.25, 0.3) is 0 Å². The first-order chi connectivity index (χ1) is 8.95. The Morgan fingerprint density at radius 1 is 1.32 bits per heavy atom. The molecule has 2 heterocycles. The molecule has 8 heteroatoms. The fraction of sp³-hybridized carbons (Fsp3) is 0.182. The Kier molecular flexibility index (Phi) is 3.50. The largest absolute Gasteiger partial charge is 0.435 e. The summed E-state index contributed by atoms with van der Waals surface area (Å²) in [6, 6.07) is 5.74. The van der Waals surface area contributed by atoms with Gasteiger partial charge in [0.05, 0.1) is 0 Å². The first-order valence-electron chi connectivity index (χ1n) is 5.27. The summed E-state index contributed by atoms with van der Waals surface area (Å²) in [7, 11) is 0. The van der Waals surface area contributed by atoms with Crippen LogP contribution in [0.3, 0.4) is 0 Å². The predicted molar refractivity (Wildman–Crippen MR) is 60.1 cm³/mol. The molecule has 0 saturated heterocycles. The highest BCUT2D eigenvalue weighted by molar-refractivity contribution is 5.89. The van der Waals surface area contributed by atoms with Crippen molar-refractivity contribution in [2.24, 2.45) is 0 Å². The van der Waals surface area contributed by atoms with Crippen LogP contribution in [0.2, 0.25) is 0 Å². The lowest BCUT2D eigenvalue weighted by molar-refractivity contribution is -0.141. The third kappa shape index (κ3) is 3.54. The Bertz CT molecular complexity index is 565. The summed E-state index contributed by atoms with van der Waals surface area (Å²) in [6.07, 6.45) is -1.92. The molecule has 5 nitrogen and oxygen atoms in total. The maximum Gasteiger partial charge on any atom is 0.435 e. The van der Waals surface area contributed by atoms with E-state index in [0.717, 1.165) is 16.9 Å². The number of amides is 1. The number of carbonyl (C=O) groups is 1. The smallest absolute Gasteiger partial charge is 0.309 e. The maximum absolute atomic E-state index is 12.3. The molecule has 19 heavy (non-hydrogen) atoms. The lowest BCUT2D eigenvalue weighted by Gasteiger charge is -2.04. The van der Waals surface area contributed by atoms with E-state index in [2.05, 4.69) is 15.4 Å². The van der Waals surface area contributed by atoms with E-state index >= 15 is 0 Å². The number of nitrogens with one attached hydrogen (secondary N) is 1. The highest BCUT2D eigenvalue weighted by Gasteiger charge is 2.33. The van der Waals surface area contributed by atoms with Gasteiger partial charge < -0.3 is 5.32 Å². The molecule has 0 aromatic carbocycles. The molecule has 2 rings (SSSR count). The molecular weight excluding hydrogens is 261 g/mol. The molecule has 0 unspecified atom stereocenters. The van der Waals surface area contributed by atoms with Crippen LogP contribution >= 0.6 is 0 Å². The molecular formula is C11H9F3N4O. The lowest BCUT2D eigenvalue weighted by Crippen LogP contribution is -2.20. The van der Waals surface area contributed by atoms with Crippen molar-refractivity contribution < 1.29 is 18.0 Å². The van der Waals surface area contributed by atoms with E-state index in [0.29, 0.717) is 5.82 Å². The van der Waals surface area contributed by atoms with Gasteiger partial charge in [-0.15, -0.1) is 0 Å². The van der Waals surface area contributed by atoms with Gasteiger partial charge in [-0.1, -0.05) is 6.07 Å². The number of pyridine rings is 1. The zero-order valence-electron chi connectivity index (χ0n) is 9.55. The number of aromatic nitrogens is 3.